The van der Waals surface area contributed by atoms with Gasteiger partial charge in [-0.1, -0.05) is 36.4 Å². The average molecular weight is 431 g/mol. The lowest BCUT2D eigenvalue weighted by atomic mass is 10.1. The van der Waals surface area contributed by atoms with Gasteiger partial charge in [-0.25, -0.2) is 17.9 Å². The molecule has 0 fully saturated rings. The van der Waals surface area contributed by atoms with Crippen molar-refractivity contribution in [1.82, 2.24) is 18.9 Å². The number of sulfonamides is 1. The molecule has 1 aliphatic rings. The molecule has 31 heavy (non-hydrogen) atoms. The van der Waals surface area contributed by atoms with Gasteiger partial charge in [0.15, 0.2) is 5.65 Å². The Bertz CT molecular complexity index is 1510. The van der Waals surface area contributed by atoms with Gasteiger partial charge in [-0.15, -0.1) is 0 Å². The number of nitrogens with one attached hydrogen (secondary N) is 1. The summed E-state index contributed by atoms with van der Waals surface area (Å²) in [6, 6.07) is 19.3. The molecule has 4 aromatic rings. The van der Waals surface area contributed by atoms with Crippen molar-refractivity contribution in [3.8, 4) is 17.3 Å². The predicted molar refractivity (Wildman–Crippen MR) is 114 cm³/mol. The molecule has 2 aromatic carbocycles. The summed E-state index contributed by atoms with van der Waals surface area (Å²) < 4.78 is 28.9. The number of hydrogen-bond acceptors (Lipinski definition) is 5. The maximum absolute atomic E-state index is 13.1. The average Bonchev–Trinajstić information content (AvgIpc) is 3.24. The molecule has 3 heterocycles. The Balaban J connectivity index is 1.54. The van der Waals surface area contributed by atoms with E-state index in [0.29, 0.717) is 16.9 Å². The first-order valence-electron chi connectivity index (χ1n) is 9.66. The van der Waals surface area contributed by atoms with E-state index in [9.17, 15) is 13.2 Å². The minimum absolute atomic E-state index is 0.00599. The maximum Gasteiger partial charge on any atom is 0.276 e. The first kappa shape index (κ1) is 19.2. The largest absolute Gasteiger partial charge is 0.289 e. The van der Waals surface area contributed by atoms with E-state index in [1.54, 1.807) is 18.2 Å². The third kappa shape index (κ3) is 3.22. The zero-order valence-corrected chi connectivity index (χ0v) is 17.1. The number of H-pyrrole nitrogens is 1. The molecule has 0 aliphatic carbocycles. The lowest BCUT2D eigenvalue weighted by Crippen LogP contribution is -2.39. The SMILES string of the molecule is N#Cc1cccc(S(=O)(=O)N2CCc3c(nc4cc(-c5ccccc5)[nH]n4c3=O)C2)c1. The Morgan fingerprint density at radius 1 is 1.06 bits per heavy atom. The standard InChI is InChI=1S/C22H17N5O3S/c23-13-15-5-4-8-17(11-15)31(29,30)26-10-9-18-20(14-26)24-21-12-19(25-27(21)22(18)28)16-6-2-1-3-7-16/h1-8,11-12,25H,9-10,14H2. The summed E-state index contributed by atoms with van der Waals surface area (Å²) in [5.41, 5.74) is 3.14. The number of benzene rings is 2. The van der Waals surface area contributed by atoms with Crippen LogP contribution in [0.5, 0.6) is 0 Å². The first-order valence-corrected chi connectivity index (χ1v) is 11.1. The van der Waals surface area contributed by atoms with E-state index in [2.05, 4.69) is 10.1 Å². The van der Waals surface area contributed by atoms with E-state index < -0.39 is 10.0 Å². The fraction of sp³-hybridized carbons (Fsp3) is 0.136. The summed E-state index contributed by atoms with van der Waals surface area (Å²) in [7, 11) is -3.82. The van der Waals surface area contributed by atoms with Gasteiger partial charge in [0.1, 0.15) is 0 Å². The lowest BCUT2D eigenvalue weighted by molar-refractivity contribution is 0.383. The second-order valence-electron chi connectivity index (χ2n) is 7.30. The predicted octanol–water partition coefficient (Wildman–Crippen LogP) is 2.31. The quantitative estimate of drug-likeness (QED) is 0.535. The second-order valence-corrected chi connectivity index (χ2v) is 9.24. The Kier molecular flexibility index (Phi) is 4.46. The number of aromatic nitrogens is 3. The number of nitriles is 1. The molecule has 0 unspecified atom stereocenters. The zero-order valence-electron chi connectivity index (χ0n) is 16.3. The van der Waals surface area contributed by atoms with E-state index in [-0.39, 0.29) is 35.5 Å². The van der Waals surface area contributed by atoms with Crippen LogP contribution in [0, 0.1) is 11.3 Å². The molecule has 9 heteroatoms. The summed E-state index contributed by atoms with van der Waals surface area (Å²) in [6.45, 7) is 0.174. The van der Waals surface area contributed by atoms with Crippen LogP contribution in [0.25, 0.3) is 16.9 Å². The van der Waals surface area contributed by atoms with Crippen LogP contribution in [0.4, 0.5) is 0 Å². The molecule has 0 saturated carbocycles. The molecule has 1 aliphatic heterocycles. The molecule has 0 radical (unpaired) electrons. The Hall–Kier alpha value is -3.74. The molecule has 0 atom stereocenters. The van der Waals surface area contributed by atoms with Gasteiger partial charge in [-0.05, 0) is 30.2 Å². The molecule has 5 rings (SSSR count). The summed E-state index contributed by atoms with van der Waals surface area (Å²) in [4.78, 5) is 17.7. The lowest BCUT2D eigenvalue weighted by Gasteiger charge is -2.27. The fourth-order valence-electron chi connectivity index (χ4n) is 3.82. The highest BCUT2D eigenvalue weighted by atomic mass is 32.2. The van der Waals surface area contributed by atoms with E-state index in [1.807, 2.05) is 36.4 Å². The molecule has 1 N–H and O–H groups in total. The minimum atomic E-state index is -3.82. The topological polar surface area (TPSA) is 111 Å². The molecule has 8 nitrogen and oxygen atoms in total. The van der Waals surface area contributed by atoms with Crippen molar-refractivity contribution in [3.05, 3.63) is 87.8 Å². The number of fused-ring (bicyclic) bond motifs is 2. The smallest absolute Gasteiger partial charge is 0.276 e. The number of rotatable bonds is 3. The van der Waals surface area contributed by atoms with Crippen molar-refractivity contribution in [2.75, 3.05) is 6.54 Å². The number of aromatic amines is 1. The third-order valence-electron chi connectivity index (χ3n) is 5.42. The summed E-state index contributed by atoms with van der Waals surface area (Å²) in [6.07, 6.45) is 0.265. The Labute approximate surface area is 178 Å². The van der Waals surface area contributed by atoms with Crippen LogP contribution in [-0.4, -0.2) is 33.9 Å². The van der Waals surface area contributed by atoms with E-state index >= 15 is 0 Å². The van der Waals surface area contributed by atoms with Crippen molar-refractivity contribution in [3.63, 3.8) is 0 Å². The van der Waals surface area contributed by atoms with Crippen molar-refractivity contribution in [1.29, 1.82) is 5.26 Å². The highest BCUT2D eigenvalue weighted by Crippen LogP contribution is 2.24. The maximum atomic E-state index is 13.1. The van der Waals surface area contributed by atoms with Crippen LogP contribution in [0.1, 0.15) is 16.8 Å². The van der Waals surface area contributed by atoms with Gasteiger partial charge in [0, 0.05) is 18.2 Å². The summed E-state index contributed by atoms with van der Waals surface area (Å²) in [5, 5.41) is 12.2. The molecule has 154 valence electrons. The van der Waals surface area contributed by atoms with Gasteiger partial charge in [-0.2, -0.15) is 9.57 Å². The molecular weight excluding hydrogens is 414 g/mol. The van der Waals surface area contributed by atoms with Gasteiger partial charge in [0.25, 0.3) is 5.56 Å². The van der Waals surface area contributed by atoms with Crippen LogP contribution < -0.4 is 5.56 Å². The minimum Gasteiger partial charge on any atom is -0.289 e. The summed E-state index contributed by atoms with van der Waals surface area (Å²) in [5.74, 6) is 0. The van der Waals surface area contributed by atoms with Gasteiger partial charge in [-0.3, -0.25) is 9.89 Å². The molecular formula is C22H17N5O3S. The monoisotopic (exact) mass is 431 g/mol. The van der Waals surface area contributed by atoms with Crippen molar-refractivity contribution in [2.45, 2.75) is 17.9 Å². The van der Waals surface area contributed by atoms with Crippen molar-refractivity contribution < 1.29 is 8.42 Å². The van der Waals surface area contributed by atoms with E-state index in [0.717, 1.165) is 11.3 Å². The summed E-state index contributed by atoms with van der Waals surface area (Å²) >= 11 is 0. The van der Waals surface area contributed by atoms with E-state index in [1.165, 1.54) is 21.0 Å². The van der Waals surface area contributed by atoms with E-state index in [4.69, 9.17) is 5.26 Å². The van der Waals surface area contributed by atoms with Gasteiger partial charge in [0.05, 0.1) is 34.5 Å². The molecule has 2 aromatic heterocycles. The van der Waals surface area contributed by atoms with Gasteiger partial charge < -0.3 is 0 Å². The Morgan fingerprint density at radius 2 is 1.87 bits per heavy atom. The normalized spacial score (nSPS) is 14.3. The van der Waals surface area contributed by atoms with Gasteiger partial charge in [0.2, 0.25) is 10.0 Å². The van der Waals surface area contributed by atoms with Crippen LogP contribution in [0.2, 0.25) is 0 Å². The van der Waals surface area contributed by atoms with Crippen LogP contribution in [-0.2, 0) is 23.0 Å². The Morgan fingerprint density at radius 3 is 2.65 bits per heavy atom. The molecule has 0 bridgehead atoms. The fourth-order valence-corrected chi connectivity index (χ4v) is 5.26. The zero-order chi connectivity index (χ0) is 21.6. The third-order valence-corrected chi connectivity index (χ3v) is 7.26. The van der Waals surface area contributed by atoms with Crippen molar-refractivity contribution in [2.24, 2.45) is 0 Å². The molecule has 0 spiro atoms. The molecule has 0 amide bonds. The molecule has 0 saturated heterocycles. The second kappa shape index (κ2) is 7.19. The highest BCUT2D eigenvalue weighted by Gasteiger charge is 2.31. The first-order chi connectivity index (χ1) is 15.0. The van der Waals surface area contributed by atoms with Crippen LogP contribution >= 0.6 is 0 Å². The van der Waals surface area contributed by atoms with Crippen LogP contribution in [0.15, 0.2) is 70.4 Å². The number of nitrogens with zero attached hydrogens (tertiary/aromatic N) is 4. The highest BCUT2D eigenvalue weighted by molar-refractivity contribution is 7.89. The van der Waals surface area contributed by atoms with Crippen LogP contribution in [0.3, 0.4) is 0 Å². The van der Waals surface area contributed by atoms with Crippen molar-refractivity contribution >= 4 is 15.7 Å². The van der Waals surface area contributed by atoms with Gasteiger partial charge >= 0.3 is 0 Å². The number of hydrogen-bond donors (Lipinski definition) is 1.